The maximum Gasteiger partial charge on any atom is 0.509 e. The number of hydrogen-bond acceptors (Lipinski definition) is 17. The van der Waals surface area contributed by atoms with Gasteiger partial charge in [0.05, 0.1) is 60.1 Å². The van der Waals surface area contributed by atoms with Crippen molar-refractivity contribution in [3.05, 3.63) is 48.6 Å². The summed E-state index contributed by atoms with van der Waals surface area (Å²) < 4.78 is 87.1. The minimum absolute atomic E-state index is 0.0113. The first-order valence-corrected chi connectivity index (χ1v) is 23.6. The van der Waals surface area contributed by atoms with Crippen molar-refractivity contribution < 1.29 is 80.5 Å². The molecule has 1 aromatic rings. The molecule has 0 spiro atoms. The molecule has 382 valence electrons. The highest BCUT2D eigenvalue weighted by molar-refractivity contribution is 5.90. The van der Waals surface area contributed by atoms with Crippen molar-refractivity contribution in [2.24, 2.45) is 17.8 Å². The first-order chi connectivity index (χ1) is 31.7. The van der Waals surface area contributed by atoms with Crippen LogP contribution in [0.4, 0.5) is 9.18 Å². The second-order valence-electron chi connectivity index (χ2n) is 20.0. The topological polar surface area (TPSA) is 190 Å². The van der Waals surface area contributed by atoms with Crippen molar-refractivity contribution in [2.75, 3.05) is 27.8 Å². The number of fused-ring (bicyclic) bond motifs is 1. The molecule has 4 fully saturated rings. The number of halogens is 1. The third-order valence-corrected chi connectivity index (χ3v) is 14.2. The zero-order chi connectivity index (χ0) is 50.7. The Labute approximate surface area is 400 Å². The Hall–Kier alpha value is -4.04. The molecular weight excluding hydrogens is 890 g/mol. The summed E-state index contributed by atoms with van der Waals surface area (Å²) in [5, 5.41) is 0. The minimum atomic E-state index is -2.71. The smallest absolute Gasteiger partial charge is 0.458 e. The summed E-state index contributed by atoms with van der Waals surface area (Å²) in [6.45, 7) is 21.0. The monoisotopic (exact) mass is 963 g/mol. The number of alkyl halides is 1. The molecule has 4 heterocycles. The van der Waals surface area contributed by atoms with E-state index in [9.17, 15) is 24.0 Å². The predicted molar refractivity (Wildman–Crippen MR) is 243 cm³/mol. The third-order valence-electron chi connectivity index (χ3n) is 14.2. The SMILES string of the molecule is C=CCO[C@]1(C)C[C@](C)(F)C(=O)[C@H](C)[C@H]2OC(=O)O[C@]2(C)[C@@H](CC)OC(=O)[C@H](C)[C@@H](OC2C[C@@](C)(OC)[C@@H](OC(C)=O)[C@H](C)O2)[C@H](C)[C@H]1O[C@@H]1O[C@H](C)C[C@H](N(C)C)[C@H]1OC(=O)c1ccccc1. The number of benzene rings is 1. The summed E-state index contributed by atoms with van der Waals surface area (Å²) >= 11 is 0. The molecule has 18 heteroatoms. The molecule has 68 heavy (non-hydrogen) atoms. The number of nitrogens with zero attached hydrogens (tertiary/aromatic N) is 1. The molecule has 0 saturated carbocycles. The number of ketones is 1. The second kappa shape index (κ2) is 21.9. The molecule has 0 aromatic heterocycles. The van der Waals surface area contributed by atoms with Gasteiger partial charge in [-0.25, -0.2) is 14.0 Å². The molecule has 5 rings (SSSR count). The molecule has 4 saturated heterocycles. The Morgan fingerprint density at radius 1 is 0.897 bits per heavy atom. The fourth-order valence-corrected chi connectivity index (χ4v) is 10.7. The van der Waals surface area contributed by atoms with Crippen LogP contribution < -0.4 is 0 Å². The number of rotatable bonds is 13. The largest absolute Gasteiger partial charge is 0.509 e. The number of carbonyl (C=O) groups is 5. The first kappa shape index (κ1) is 54.9. The van der Waals surface area contributed by atoms with E-state index in [1.54, 1.807) is 71.9 Å². The molecule has 0 radical (unpaired) electrons. The number of methoxy groups -OCH3 is 1. The molecule has 4 aliphatic rings. The summed E-state index contributed by atoms with van der Waals surface area (Å²) in [5.41, 5.74) is -7.09. The lowest BCUT2D eigenvalue weighted by Crippen LogP contribution is -2.63. The molecule has 17 nitrogen and oxygen atoms in total. The highest BCUT2D eigenvalue weighted by atomic mass is 19.1. The molecule has 0 N–H and O–H groups in total. The molecule has 4 aliphatic heterocycles. The normalized spacial score (nSPS) is 41.6. The van der Waals surface area contributed by atoms with E-state index in [2.05, 4.69) is 6.58 Å². The Balaban J connectivity index is 1.72. The van der Waals surface area contributed by atoms with Gasteiger partial charge in [-0.05, 0) is 87.5 Å². The number of esters is 3. The van der Waals surface area contributed by atoms with Crippen molar-refractivity contribution in [3.8, 4) is 0 Å². The van der Waals surface area contributed by atoms with Crippen LogP contribution in [-0.2, 0) is 66.5 Å². The Bertz CT molecular complexity index is 1950. The fraction of sp³-hybridized carbons (Fsp3) is 0.740. The number of cyclic esters (lactones) is 1. The zero-order valence-electron chi connectivity index (χ0n) is 42.1. The van der Waals surface area contributed by atoms with Crippen LogP contribution in [0.2, 0.25) is 0 Å². The van der Waals surface area contributed by atoms with E-state index in [1.807, 2.05) is 25.9 Å². The molecule has 18 atom stereocenters. The van der Waals surface area contributed by atoms with Gasteiger partial charge in [0, 0.05) is 32.8 Å². The standard InChI is InChI=1S/C50H74FNO16/c1-16-23-59-49(11)26-47(9,51)39(54)30(6)41-50(12,68-46(57)67-41)35(17-2)63-43(55)29(5)37(64-36-25-48(10,58-15)42(31(7)61-36)62-32(8)53)28(4)40(49)66-45-38(34(52(13)14)24-27(3)60-45)65-44(56)33-21-19-18-20-22-33/h16,18-22,27-31,34-38,40-42,45H,1,17,23-26H2,2-15H3/t27-,28+,29-,30+,31+,34+,35-,36?,37+,38-,40-,41-,42+,45+,47+,48-,49-,50-/m1/s1. The van der Waals surface area contributed by atoms with Crippen molar-refractivity contribution in [2.45, 2.75) is 192 Å². The van der Waals surface area contributed by atoms with Gasteiger partial charge in [0.25, 0.3) is 0 Å². The summed E-state index contributed by atoms with van der Waals surface area (Å²) in [5.74, 6) is -6.42. The van der Waals surface area contributed by atoms with E-state index in [-0.39, 0.29) is 25.0 Å². The number of hydrogen-bond donors (Lipinski definition) is 0. The number of likely N-dealkylation sites (N-methyl/N-ethyl adjacent to an activating group) is 1. The molecule has 0 bridgehead atoms. The maximum atomic E-state index is 17.9. The van der Waals surface area contributed by atoms with Crippen LogP contribution in [0, 0.1) is 17.8 Å². The lowest BCUT2D eigenvalue weighted by molar-refractivity contribution is -0.321. The predicted octanol–water partition coefficient (Wildman–Crippen LogP) is 6.71. The van der Waals surface area contributed by atoms with Crippen LogP contribution in [0.25, 0.3) is 0 Å². The molecule has 1 unspecified atom stereocenters. The first-order valence-electron chi connectivity index (χ1n) is 23.6. The van der Waals surface area contributed by atoms with Gasteiger partial charge < -0.3 is 57.0 Å². The lowest BCUT2D eigenvalue weighted by Gasteiger charge is -2.50. The summed E-state index contributed by atoms with van der Waals surface area (Å²) in [4.78, 5) is 70.5. The van der Waals surface area contributed by atoms with Gasteiger partial charge >= 0.3 is 24.1 Å². The fourth-order valence-electron chi connectivity index (χ4n) is 10.7. The van der Waals surface area contributed by atoms with E-state index in [0.717, 1.165) is 6.92 Å². The van der Waals surface area contributed by atoms with Gasteiger partial charge in [-0.15, -0.1) is 6.58 Å². The van der Waals surface area contributed by atoms with Crippen LogP contribution in [0.1, 0.15) is 112 Å². The highest BCUT2D eigenvalue weighted by Gasteiger charge is 2.62. The average molecular weight is 964 g/mol. The molecule has 0 aliphatic carbocycles. The quantitative estimate of drug-likeness (QED) is 0.115. The highest BCUT2D eigenvalue weighted by Crippen LogP contribution is 2.46. The molecular formula is C50H74FNO16. The second-order valence-corrected chi connectivity index (χ2v) is 20.0. The summed E-state index contributed by atoms with van der Waals surface area (Å²) in [6, 6.07) is 8.00. The van der Waals surface area contributed by atoms with E-state index in [1.165, 1.54) is 34.0 Å². The molecule has 0 amide bonds. The maximum absolute atomic E-state index is 17.9. The minimum Gasteiger partial charge on any atom is -0.458 e. The van der Waals surface area contributed by atoms with Gasteiger partial charge in [-0.3, -0.25) is 14.4 Å². The Morgan fingerprint density at radius 2 is 1.56 bits per heavy atom. The van der Waals surface area contributed by atoms with Crippen molar-refractivity contribution in [1.82, 2.24) is 4.90 Å². The van der Waals surface area contributed by atoms with Gasteiger partial charge in [0.2, 0.25) is 0 Å². The molecule has 1 aromatic carbocycles. The van der Waals surface area contributed by atoms with Crippen LogP contribution in [0.15, 0.2) is 43.0 Å². The number of carbonyl (C=O) groups excluding carboxylic acids is 5. The van der Waals surface area contributed by atoms with Gasteiger partial charge in [0.15, 0.2) is 47.9 Å². The zero-order valence-corrected chi connectivity index (χ0v) is 42.1. The number of Topliss-reactive ketones (excluding diaryl/α,β-unsaturated/α-hetero) is 1. The van der Waals surface area contributed by atoms with E-state index in [0.29, 0.717) is 6.42 Å². The van der Waals surface area contributed by atoms with Crippen molar-refractivity contribution >= 4 is 29.8 Å². The van der Waals surface area contributed by atoms with E-state index < -0.39 is 144 Å². The summed E-state index contributed by atoms with van der Waals surface area (Å²) in [6.07, 6.45) is -10.5. The van der Waals surface area contributed by atoms with Crippen molar-refractivity contribution in [1.29, 1.82) is 0 Å². The number of ether oxygens (including phenoxy) is 11. The van der Waals surface area contributed by atoms with Gasteiger partial charge in [-0.1, -0.05) is 45.0 Å². The van der Waals surface area contributed by atoms with Crippen LogP contribution >= 0.6 is 0 Å². The van der Waals surface area contributed by atoms with Gasteiger partial charge in [0.1, 0.15) is 11.7 Å². The summed E-state index contributed by atoms with van der Waals surface area (Å²) in [7, 11) is 5.16. The lowest BCUT2D eigenvalue weighted by atomic mass is 9.72. The van der Waals surface area contributed by atoms with Gasteiger partial charge in [-0.2, -0.15) is 0 Å². The third kappa shape index (κ3) is 11.8. The van der Waals surface area contributed by atoms with E-state index >= 15 is 4.39 Å². The Kier molecular flexibility index (Phi) is 17.7. The van der Waals surface area contributed by atoms with Crippen molar-refractivity contribution in [3.63, 3.8) is 0 Å². The van der Waals surface area contributed by atoms with Crippen LogP contribution in [-0.4, -0.2) is 152 Å². The Morgan fingerprint density at radius 3 is 2.15 bits per heavy atom. The average Bonchev–Trinajstić information content (AvgIpc) is 3.59. The van der Waals surface area contributed by atoms with Crippen LogP contribution in [0.5, 0.6) is 0 Å². The van der Waals surface area contributed by atoms with E-state index in [4.69, 9.17) is 52.1 Å². The van der Waals surface area contributed by atoms with Crippen LogP contribution in [0.3, 0.4) is 0 Å².